The van der Waals surface area contributed by atoms with Gasteiger partial charge in [0.1, 0.15) is 0 Å². The average Bonchev–Trinajstić information content (AvgIpc) is 2.81. The Labute approximate surface area is 187 Å². The molecule has 2 heteroatoms. The van der Waals surface area contributed by atoms with Gasteiger partial charge in [0.15, 0.2) is 0 Å². The van der Waals surface area contributed by atoms with E-state index in [1.165, 1.54) is 62.0 Å². The van der Waals surface area contributed by atoms with Crippen LogP contribution in [0.4, 0.5) is 0 Å². The fourth-order valence-corrected chi connectivity index (χ4v) is 7.15. The van der Waals surface area contributed by atoms with Gasteiger partial charge in [-0.15, -0.1) is 0 Å². The second-order valence-corrected chi connectivity index (χ2v) is 11.6. The molecule has 1 saturated carbocycles. The van der Waals surface area contributed by atoms with Crippen LogP contribution in [0.2, 0.25) is 0 Å². The van der Waals surface area contributed by atoms with E-state index in [-0.39, 0.29) is 0 Å². The standard InChI is InChI=1S/C16H25P.C12H11P/c1-2-3-12-16(13-8-5-9-14-16)17-15-10-6-4-7-11-15;1-3-7-11(8-4-1)13-12-9-5-2-6-10-12/h4,6-7,10-11,17H,2-3,5,8-9,12-14H2,1H3;1-10,13H. The van der Waals surface area contributed by atoms with Gasteiger partial charge in [-0.05, 0) is 40.3 Å². The van der Waals surface area contributed by atoms with Crippen molar-refractivity contribution < 1.29 is 0 Å². The average molecular weight is 435 g/mol. The molecule has 0 amide bonds. The van der Waals surface area contributed by atoms with Gasteiger partial charge < -0.3 is 0 Å². The Hall–Kier alpha value is -1.48. The van der Waals surface area contributed by atoms with Crippen molar-refractivity contribution in [1.82, 2.24) is 0 Å². The van der Waals surface area contributed by atoms with Gasteiger partial charge in [0.05, 0.1) is 0 Å². The van der Waals surface area contributed by atoms with Crippen LogP contribution in [0.25, 0.3) is 0 Å². The van der Waals surface area contributed by atoms with Gasteiger partial charge in [-0.3, -0.25) is 0 Å². The zero-order valence-corrected chi connectivity index (χ0v) is 20.3. The van der Waals surface area contributed by atoms with Crippen molar-refractivity contribution in [3.05, 3.63) is 91.0 Å². The molecule has 0 nitrogen and oxygen atoms in total. The number of benzene rings is 3. The summed E-state index contributed by atoms with van der Waals surface area (Å²) in [7, 11) is 1.81. The molecule has 0 aliphatic heterocycles. The van der Waals surface area contributed by atoms with Crippen LogP contribution >= 0.6 is 17.2 Å². The SMILES string of the molecule is CCCCC1(Pc2ccccc2)CCCCC1.c1ccc(Pc2ccccc2)cc1. The minimum Gasteiger partial charge on any atom is -0.0840 e. The molecule has 0 aromatic heterocycles. The summed E-state index contributed by atoms with van der Waals surface area (Å²) in [6.07, 6.45) is 11.6. The molecule has 1 fully saturated rings. The minimum atomic E-state index is 0.662. The fraction of sp³-hybridized carbons (Fsp3) is 0.357. The monoisotopic (exact) mass is 434 g/mol. The molecule has 1 unspecified atom stereocenters. The highest BCUT2D eigenvalue weighted by Gasteiger charge is 2.31. The number of hydrogen-bond acceptors (Lipinski definition) is 0. The van der Waals surface area contributed by atoms with Gasteiger partial charge in [-0.1, -0.05) is 147 Å². The third kappa shape index (κ3) is 7.98. The summed E-state index contributed by atoms with van der Waals surface area (Å²) >= 11 is 0. The van der Waals surface area contributed by atoms with E-state index in [9.17, 15) is 0 Å². The summed E-state index contributed by atoms with van der Waals surface area (Å²) < 4.78 is 0. The molecule has 30 heavy (non-hydrogen) atoms. The molecule has 0 saturated heterocycles. The lowest BCUT2D eigenvalue weighted by Gasteiger charge is -2.37. The Balaban J connectivity index is 0.000000177. The Morgan fingerprint density at radius 1 is 0.633 bits per heavy atom. The van der Waals surface area contributed by atoms with E-state index in [0.717, 1.165) is 17.2 Å². The highest BCUT2D eigenvalue weighted by molar-refractivity contribution is 7.55. The lowest BCUT2D eigenvalue weighted by molar-refractivity contribution is 0.367. The van der Waals surface area contributed by atoms with Crippen LogP contribution in [-0.4, -0.2) is 5.16 Å². The molecule has 0 bridgehead atoms. The molecule has 1 aliphatic rings. The fourth-order valence-electron chi connectivity index (χ4n) is 4.22. The number of hydrogen-bond donors (Lipinski definition) is 0. The molecule has 3 aromatic rings. The highest BCUT2D eigenvalue weighted by Crippen LogP contribution is 2.47. The van der Waals surface area contributed by atoms with Crippen LogP contribution < -0.4 is 15.9 Å². The Morgan fingerprint density at radius 3 is 1.57 bits per heavy atom. The molecule has 1 aliphatic carbocycles. The van der Waals surface area contributed by atoms with Gasteiger partial charge in [0.25, 0.3) is 0 Å². The summed E-state index contributed by atoms with van der Waals surface area (Å²) in [5.41, 5.74) is 0. The molecule has 3 aromatic carbocycles. The maximum Gasteiger partial charge on any atom is -0.00816 e. The van der Waals surface area contributed by atoms with Crippen molar-refractivity contribution >= 4 is 33.1 Å². The van der Waals surface area contributed by atoms with Crippen molar-refractivity contribution in [2.45, 2.75) is 63.4 Å². The van der Waals surface area contributed by atoms with E-state index in [1.807, 2.05) is 0 Å². The maximum atomic E-state index is 2.32. The van der Waals surface area contributed by atoms with Gasteiger partial charge in [0, 0.05) is 0 Å². The van der Waals surface area contributed by atoms with Crippen LogP contribution in [0, 0.1) is 0 Å². The lowest BCUT2D eigenvalue weighted by Crippen LogP contribution is -2.28. The second kappa shape index (κ2) is 13.0. The first-order valence-electron chi connectivity index (χ1n) is 11.5. The van der Waals surface area contributed by atoms with Crippen LogP contribution in [0.1, 0.15) is 58.3 Å². The summed E-state index contributed by atoms with van der Waals surface area (Å²) in [6.45, 7) is 2.32. The largest absolute Gasteiger partial charge is 0.0840 e. The van der Waals surface area contributed by atoms with Crippen LogP contribution in [-0.2, 0) is 0 Å². The van der Waals surface area contributed by atoms with Crippen LogP contribution in [0.15, 0.2) is 91.0 Å². The molecule has 0 spiro atoms. The number of unbranched alkanes of at least 4 members (excludes halogenated alkanes) is 1. The predicted octanol–water partition coefficient (Wildman–Crippen LogP) is 7.20. The van der Waals surface area contributed by atoms with Gasteiger partial charge >= 0.3 is 0 Å². The van der Waals surface area contributed by atoms with E-state index >= 15 is 0 Å². The normalized spacial score (nSPS) is 15.5. The summed E-state index contributed by atoms with van der Waals surface area (Å²) in [5.74, 6) is 0. The lowest BCUT2D eigenvalue weighted by atomic mass is 9.84. The summed E-state index contributed by atoms with van der Waals surface area (Å²) in [5, 5.41) is 5.03. The highest BCUT2D eigenvalue weighted by atomic mass is 31.1. The van der Waals surface area contributed by atoms with Crippen LogP contribution in [0.3, 0.4) is 0 Å². The molecular weight excluding hydrogens is 398 g/mol. The van der Waals surface area contributed by atoms with Crippen LogP contribution in [0.5, 0.6) is 0 Å². The summed E-state index contributed by atoms with van der Waals surface area (Å²) in [4.78, 5) is 0. The molecule has 0 heterocycles. The van der Waals surface area contributed by atoms with Crippen molar-refractivity contribution in [1.29, 1.82) is 0 Å². The Morgan fingerprint density at radius 2 is 1.10 bits per heavy atom. The first kappa shape index (κ1) is 23.2. The summed E-state index contributed by atoms with van der Waals surface area (Å²) in [6, 6.07) is 32.3. The predicted molar refractivity (Wildman–Crippen MR) is 140 cm³/mol. The molecule has 0 radical (unpaired) electrons. The zero-order valence-electron chi connectivity index (χ0n) is 18.3. The third-order valence-electron chi connectivity index (χ3n) is 5.84. The minimum absolute atomic E-state index is 0.662. The zero-order chi connectivity index (χ0) is 20.9. The van der Waals surface area contributed by atoms with Crippen molar-refractivity contribution in [3.8, 4) is 0 Å². The Kier molecular flexibility index (Phi) is 10.1. The first-order chi connectivity index (χ1) is 14.8. The molecule has 1 atom stereocenters. The quantitative estimate of drug-likeness (QED) is 0.345. The molecule has 4 rings (SSSR count). The van der Waals surface area contributed by atoms with Crippen molar-refractivity contribution in [3.63, 3.8) is 0 Å². The number of rotatable bonds is 7. The topological polar surface area (TPSA) is 0 Å². The Bertz CT molecular complexity index is 772. The van der Waals surface area contributed by atoms with Gasteiger partial charge in [-0.2, -0.15) is 0 Å². The maximum absolute atomic E-state index is 2.32. The van der Waals surface area contributed by atoms with Crippen molar-refractivity contribution in [2.75, 3.05) is 0 Å². The van der Waals surface area contributed by atoms with Gasteiger partial charge in [0.2, 0.25) is 0 Å². The molecule has 158 valence electrons. The van der Waals surface area contributed by atoms with E-state index in [2.05, 4.69) is 97.9 Å². The molecular formula is C28H36P2. The van der Waals surface area contributed by atoms with Crippen molar-refractivity contribution in [2.24, 2.45) is 0 Å². The third-order valence-corrected chi connectivity index (χ3v) is 8.99. The molecule has 0 N–H and O–H groups in total. The van der Waals surface area contributed by atoms with E-state index in [4.69, 9.17) is 0 Å². The second-order valence-electron chi connectivity index (χ2n) is 8.29. The van der Waals surface area contributed by atoms with E-state index in [1.54, 1.807) is 5.30 Å². The first-order valence-corrected chi connectivity index (χ1v) is 13.5. The van der Waals surface area contributed by atoms with Gasteiger partial charge in [-0.25, -0.2) is 0 Å². The van der Waals surface area contributed by atoms with E-state index in [0.29, 0.717) is 5.16 Å². The van der Waals surface area contributed by atoms with E-state index < -0.39 is 0 Å². The smallest absolute Gasteiger partial charge is 0.00816 e.